The minimum atomic E-state index is -0.0134. The summed E-state index contributed by atoms with van der Waals surface area (Å²) in [6.07, 6.45) is 11.4. The van der Waals surface area contributed by atoms with Gasteiger partial charge in [0.15, 0.2) is 0 Å². The van der Waals surface area contributed by atoms with Crippen LogP contribution in [-0.2, 0) is 9.53 Å². The molecule has 0 aliphatic rings. The van der Waals surface area contributed by atoms with Crippen molar-refractivity contribution >= 4 is 5.97 Å². The van der Waals surface area contributed by atoms with E-state index in [0.717, 1.165) is 38.9 Å². The molecule has 0 radical (unpaired) electrons. The van der Waals surface area contributed by atoms with E-state index >= 15 is 0 Å². The Balaban J connectivity index is 3.27. The first-order chi connectivity index (χ1) is 10.2. The summed E-state index contributed by atoms with van der Waals surface area (Å²) >= 11 is 0. The minimum absolute atomic E-state index is 0.0134. The highest BCUT2D eigenvalue weighted by atomic mass is 16.5. The number of esters is 1. The van der Waals surface area contributed by atoms with Gasteiger partial charge in [-0.25, -0.2) is 0 Å². The van der Waals surface area contributed by atoms with Crippen LogP contribution >= 0.6 is 0 Å². The van der Waals surface area contributed by atoms with Gasteiger partial charge in [0.1, 0.15) is 0 Å². The minimum Gasteiger partial charge on any atom is -0.466 e. The summed E-state index contributed by atoms with van der Waals surface area (Å²) in [7, 11) is 0. The molecule has 0 bridgehead atoms. The summed E-state index contributed by atoms with van der Waals surface area (Å²) in [5.41, 5.74) is 0. The molecule has 0 aromatic heterocycles. The third-order valence-electron chi connectivity index (χ3n) is 4.01. The van der Waals surface area contributed by atoms with Crippen molar-refractivity contribution in [3.63, 3.8) is 0 Å². The molecule has 0 N–H and O–H groups in total. The Kier molecular flexibility index (Phi) is 15.4. The first kappa shape index (κ1) is 20.4. The molecule has 0 atom stereocenters. The summed E-state index contributed by atoms with van der Waals surface area (Å²) in [4.78, 5) is 14.0. The van der Waals surface area contributed by atoms with E-state index in [1.165, 1.54) is 38.5 Å². The molecular weight excluding hydrogens is 262 g/mol. The van der Waals surface area contributed by atoms with Crippen LogP contribution in [0.4, 0.5) is 0 Å². The van der Waals surface area contributed by atoms with Crippen molar-refractivity contribution < 1.29 is 9.53 Å². The molecule has 0 unspecified atom stereocenters. The van der Waals surface area contributed by atoms with E-state index in [1.807, 2.05) is 0 Å². The van der Waals surface area contributed by atoms with Gasteiger partial charge in [0.25, 0.3) is 0 Å². The van der Waals surface area contributed by atoms with Gasteiger partial charge in [-0.3, -0.25) is 4.79 Å². The molecule has 3 heteroatoms. The number of hydrogen-bond donors (Lipinski definition) is 0. The van der Waals surface area contributed by atoms with Crippen LogP contribution in [-0.4, -0.2) is 37.1 Å². The summed E-state index contributed by atoms with van der Waals surface area (Å²) in [5.74, 6) is -0.0134. The number of unbranched alkanes of at least 4 members (excludes halogenated alkanes) is 7. The van der Waals surface area contributed by atoms with Crippen LogP contribution in [0.15, 0.2) is 0 Å². The predicted molar refractivity (Wildman–Crippen MR) is 90.6 cm³/mol. The lowest BCUT2D eigenvalue weighted by Crippen LogP contribution is -2.24. The number of hydrogen-bond acceptors (Lipinski definition) is 3. The van der Waals surface area contributed by atoms with Crippen LogP contribution in [0.1, 0.15) is 85.0 Å². The molecule has 0 saturated heterocycles. The predicted octanol–water partition coefficient (Wildman–Crippen LogP) is 4.79. The second kappa shape index (κ2) is 15.8. The first-order valence-electron chi connectivity index (χ1n) is 9.12. The molecule has 0 saturated carbocycles. The van der Waals surface area contributed by atoms with Gasteiger partial charge < -0.3 is 9.64 Å². The third-order valence-corrected chi connectivity index (χ3v) is 4.01. The van der Waals surface area contributed by atoms with Gasteiger partial charge in [-0.15, -0.1) is 0 Å². The lowest BCUT2D eigenvalue weighted by Gasteiger charge is -2.17. The largest absolute Gasteiger partial charge is 0.466 e. The van der Waals surface area contributed by atoms with Crippen LogP contribution < -0.4 is 0 Å². The van der Waals surface area contributed by atoms with Crippen LogP contribution in [0.5, 0.6) is 0 Å². The number of ether oxygens (including phenoxy) is 1. The van der Waals surface area contributed by atoms with E-state index in [1.54, 1.807) is 0 Å². The van der Waals surface area contributed by atoms with Gasteiger partial charge >= 0.3 is 5.97 Å². The summed E-state index contributed by atoms with van der Waals surface area (Å²) in [6, 6.07) is 0. The number of carbonyl (C=O) groups excluding carboxylic acids is 1. The molecule has 3 nitrogen and oxygen atoms in total. The van der Waals surface area contributed by atoms with Crippen molar-refractivity contribution in [2.24, 2.45) is 0 Å². The Morgan fingerprint density at radius 1 is 0.810 bits per heavy atom. The molecule has 0 aromatic rings. The van der Waals surface area contributed by atoms with Crippen molar-refractivity contribution in [2.75, 3.05) is 26.2 Å². The van der Waals surface area contributed by atoms with Gasteiger partial charge in [0.2, 0.25) is 0 Å². The lowest BCUT2D eigenvalue weighted by molar-refractivity contribution is -0.143. The Hall–Kier alpha value is -0.570. The van der Waals surface area contributed by atoms with Crippen molar-refractivity contribution in [2.45, 2.75) is 85.0 Å². The molecular formula is C18H37NO2. The molecule has 0 aliphatic heterocycles. The van der Waals surface area contributed by atoms with Crippen molar-refractivity contribution in [1.29, 1.82) is 0 Å². The number of rotatable bonds is 15. The SMILES string of the molecule is CCCCCCCCCOC(=O)CCCCN(CC)CC. The number of carbonyl (C=O) groups is 1. The second-order valence-electron chi connectivity index (χ2n) is 5.83. The summed E-state index contributed by atoms with van der Waals surface area (Å²) < 4.78 is 5.28. The van der Waals surface area contributed by atoms with Gasteiger partial charge in [0, 0.05) is 6.42 Å². The maximum atomic E-state index is 11.6. The van der Waals surface area contributed by atoms with E-state index < -0.39 is 0 Å². The van der Waals surface area contributed by atoms with Gasteiger partial charge in [-0.1, -0.05) is 59.3 Å². The topological polar surface area (TPSA) is 29.5 Å². The monoisotopic (exact) mass is 299 g/mol. The smallest absolute Gasteiger partial charge is 0.305 e. The Morgan fingerprint density at radius 3 is 2.05 bits per heavy atom. The van der Waals surface area contributed by atoms with Gasteiger partial charge in [0.05, 0.1) is 6.61 Å². The zero-order valence-corrected chi connectivity index (χ0v) is 14.7. The zero-order valence-electron chi connectivity index (χ0n) is 14.7. The first-order valence-corrected chi connectivity index (χ1v) is 9.12. The summed E-state index contributed by atoms with van der Waals surface area (Å²) in [6.45, 7) is 10.5. The quantitative estimate of drug-likeness (QED) is 0.321. The molecule has 0 fully saturated rings. The fourth-order valence-corrected chi connectivity index (χ4v) is 2.46. The second-order valence-corrected chi connectivity index (χ2v) is 5.83. The van der Waals surface area contributed by atoms with E-state index in [-0.39, 0.29) is 5.97 Å². The molecule has 0 aromatic carbocycles. The Morgan fingerprint density at radius 2 is 1.43 bits per heavy atom. The third kappa shape index (κ3) is 14.1. The fourth-order valence-electron chi connectivity index (χ4n) is 2.46. The molecule has 0 amide bonds. The van der Waals surface area contributed by atoms with Crippen LogP contribution in [0.3, 0.4) is 0 Å². The molecule has 126 valence electrons. The van der Waals surface area contributed by atoms with Crippen molar-refractivity contribution in [3.8, 4) is 0 Å². The average Bonchev–Trinajstić information content (AvgIpc) is 2.50. The molecule has 0 rings (SSSR count). The average molecular weight is 299 g/mol. The molecule has 0 heterocycles. The Labute approximate surface area is 132 Å². The van der Waals surface area contributed by atoms with Crippen LogP contribution in [0, 0.1) is 0 Å². The standard InChI is InChI=1S/C18H37NO2/c1-4-7-8-9-10-11-14-17-21-18(20)15-12-13-16-19(5-2)6-3/h4-17H2,1-3H3. The van der Waals surface area contributed by atoms with E-state index in [4.69, 9.17) is 4.74 Å². The highest BCUT2D eigenvalue weighted by Gasteiger charge is 2.04. The molecule has 0 aliphatic carbocycles. The zero-order chi connectivity index (χ0) is 15.8. The summed E-state index contributed by atoms with van der Waals surface area (Å²) in [5, 5.41) is 0. The molecule has 0 spiro atoms. The van der Waals surface area contributed by atoms with Crippen LogP contribution in [0.25, 0.3) is 0 Å². The normalized spacial score (nSPS) is 11.0. The van der Waals surface area contributed by atoms with Gasteiger partial charge in [-0.05, 0) is 38.9 Å². The highest BCUT2D eigenvalue weighted by Crippen LogP contribution is 2.07. The Bertz CT molecular complexity index is 227. The van der Waals surface area contributed by atoms with E-state index in [2.05, 4.69) is 25.7 Å². The van der Waals surface area contributed by atoms with E-state index in [0.29, 0.717) is 13.0 Å². The lowest BCUT2D eigenvalue weighted by atomic mass is 10.1. The number of nitrogens with zero attached hydrogens (tertiary/aromatic N) is 1. The van der Waals surface area contributed by atoms with Crippen molar-refractivity contribution in [3.05, 3.63) is 0 Å². The van der Waals surface area contributed by atoms with Crippen LogP contribution in [0.2, 0.25) is 0 Å². The maximum Gasteiger partial charge on any atom is 0.305 e. The van der Waals surface area contributed by atoms with Crippen molar-refractivity contribution in [1.82, 2.24) is 4.90 Å². The van der Waals surface area contributed by atoms with E-state index in [9.17, 15) is 4.79 Å². The fraction of sp³-hybridized carbons (Fsp3) is 0.944. The van der Waals surface area contributed by atoms with Gasteiger partial charge in [-0.2, -0.15) is 0 Å². The molecule has 21 heavy (non-hydrogen) atoms. The maximum absolute atomic E-state index is 11.6. The highest BCUT2D eigenvalue weighted by molar-refractivity contribution is 5.69.